The van der Waals surface area contributed by atoms with Crippen LogP contribution in [0, 0.1) is 11.3 Å². The molecule has 0 unspecified atom stereocenters. The molecule has 1 N–H and O–H groups in total. The first kappa shape index (κ1) is 20.5. The van der Waals surface area contributed by atoms with Gasteiger partial charge in [0.15, 0.2) is 9.84 Å². The fourth-order valence-corrected chi connectivity index (χ4v) is 4.70. The Hall–Kier alpha value is -2.75. The monoisotopic (exact) mass is 439 g/mol. The number of aromatic amines is 1. The van der Waals surface area contributed by atoms with Crippen LogP contribution in [0.4, 0.5) is 5.82 Å². The van der Waals surface area contributed by atoms with Gasteiger partial charge in [-0.1, -0.05) is 29.8 Å². The Bertz CT molecular complexity index is 1220. The Morgan fingerprint density at radius 3 is 2.30 bits per heavy atom. The molecule has 4 rings (SSSR count). The Morgan fingerprint density at radius 2 is 1.67 bits per heavy atom. The van der Waals surface area contributed by atoms with Crippen molar-refractivity contribution in [3.63, 3.8) is 0 Å². The van der Waals surface area contributed by atoms with E-state index in [9.17, 15) is 13.7 Å². The normalized spacial score (nSPS) is 14.5. The average Bonchev–Trinajstić information content (AvgIpc) is 3.19. The van der Waals surface area contributed by atoms with Crippen LogP contribution in [0.25, 0.3) is 22.4 Å². The number of benzene rings is 2. The van der Waals surface area contributed by atoms with Crippen LogP contribution in [0.2, 0.25) is 5.02 Å². The zero-order valence-corrected chi connectivity index (χ0v) is 18.2. The Morgan fingerprint density at radius 1 is 1.00 bits per heavy atom. The van der Waals surface area contributed by atoms with Crippen LogP contribution < -0.4 is 4.90 Å². The molecular weight excluding hydrogens is 418 g/mol. The van der Waals surface area contributed by atoms with Crippen LogP contribution in [0.15, 0.2) is 53.4 Å². The molecule has 5 nitrogen and oxygen atoms in total. The summed E-state index contributed by atoms with van der Waals surface area (Å²) >= 11 is 6.44. The van der Waals surface area contributed by atoms with Crippen LogP contribution in [0.3, 0.4) is 0 Å². The number of rotatable bonds is 4. The SMILES string of the molecule is CS(=O)(=O)c1ccc(-c2cc(-c3cc(C#N)c(N4CCCCC4)[nH]3)ccc2Cl)cc1. The molecule has 2 heterocycles. The summed E-state index contributed by atoms with van der Waals surface area (Å²) in [6.45, 7) is 1.90. The highest BCUT2D eigenvalue weighted by Crippen LogP contribution is 2.35. The van der Waals surface area contributed by atoms with Crippen molar-refractivity contribution >= 4 is 27.3 Å². The number of anilines is 1. The van der Waals surface area contributed by atoms with E-state index in [0.717, 1.165) is 54.1 Å². The van der Waals surface area contributed by atoms with E-state index < -0.39 is 9.84 Å². The second kappa shape index (κ2) is 8.17. The maximum atomic E-state index is 11.7. The van der Waals surface area contributed by atoms with E-state index in [1.165, 1.54) is 12.7 Å². The Kier molecular flexibility index (Phi) is 5.59. The van der Waals surface area contributed by atoms with E-state index in [1.807, 2.05) is 24.3 Å². The molecule has 154 valence electrons. The van der Waals surface area contributed by atoms with E-state index in [1.54, 1.807) is 24.3 Å². The van der Waals surface area contributed by atoms with Crippen LogP contribution in [0.1, 0.15) is 24.8 Å². The highest BCUT2D eigenvalue weighted by Gasteiger charge is 2.18. The van der Waals surface area contributed by atoms with Gasteiger partial charge in [0.1, 0.15) is 11.9 Å². The number of nitrogens with zero attached hydrogens (tertiary/aromatic N) is 2. The second-order valence-corrected chi connectivity index (χ2v) is 10.0. The zero-order valence-electron chi connectivity index (χ0n) is 16.7. The molecule has 2 aromatic carbocycles. The van der Waals surface area contributed by atoms with Gasteiger partial charge in [-0.25, -0.2) is 8.42 Å². The molecule has 0 spiro atoms. The molecule has 0 radical (unpaired) electrons. The molecule has 30 heavy (non-hydrogen) atoms. The van der Waals surface area contributed by atoms with Crippen molar-refractivity contribution in [2.75, 3.05) is 24.2 Å². The Balaban J connectivity index is 1.72. The third kappa shape index (κ3) is 4.09. The maximum absolute atomic E-state index is 11.7. The molecule has 1 aliphatic rings. The molecule has 7 heteroatoms. The molecular formula is C23H22ClN3O2S. The number of halogens is 1. The molecule has 1 aliphatic heterocycles. The third-order valence-electron chi connectivity index (χ3n) is 5.46. The number of nitriles is 1. The van der Waals surface area contributed by atoms with E-state index in [4.69, 9.17) is 11.6 Å². The fraction of sp³-hybridized carbons (Fsp3) is 0.261. The number of piperidine rings is 1. The minimum atomic E-state index is -3.25. The Labute approximate surface area is 181 Å². The van der Waals surface area contributed by atoms with Crippen molar-refractivity contribution in [2.45, 2.75) is 24.2 Å². The largest absolute Gasteiger partial charge is 0.357 e. The average molecular weight is 440 g/mol. The lowest BCUT2D eigenvalue weighted by Crippen LogP contribution is -2.30. The van der Waals surface area contributed by atoms with Gasteiger partial charge in [0.2, 0.25) is 0 Å². The first-order valence-corrected chi connectivity index (χ1v) is 12.1. The standard InChI is InChI=1S/C23H22ClN3O2S/c1-30(28,29)19-8-5-16(6-9-19)20-13-17(7-10-21(20)24)22-14-18(15-25)23(26-22)27-11-3-2-4-12-27/h5-10,13-14,26H,2-4,11-12H2,1H3. The van der Waals surface area contributed by atoms with Crippen LogP contribution in [-0.4, -0.2) is 32.7 Å². The third-order valence-corrected chi connectivity index (χ3v) is 6.92. The summed E-state index contributed by atoms with van der Waals surface area (Å²) in [7, 11) is -3.25. The zero-order chi connectivity index (χ0) is 21.3. The topological polar surface area (TPSA) is 77.0 Å². The number of hydrogen-bond donors (Lipinski definition) is 1. The van der Waals surface area contributed by atoms with Crippen LogP contribution >= 0.6 is 11.6 Å². The number of aromatic nitrogens is 1. The van der Waals surface area contributed by atoms with E-state index in [-0.39, 0.29) is 4.90 Å². The van der Waals surface area contributed by atoms with Crippen molar-refractivity contribution in [1.82, 2.24) is 4.98 Å². The van der Waals surface area contributed by atoms with Gasteiger partial charge in [0.05, 0.1) is 10.5 Å². The lowest BCUT2D eigenvalue weighted by Gasteiger charge is -2.27. The molecule has 1 saturated heterocycles. The van der Waals surface area contributed by atoms with Crippen molar-refractivity contribution in [1.29, 1.82) is 5.26 Å². The highest BCUT2D eigenvalue weighted by atomic mass is 35.5. The summed E-state index contributed by atoms with van der Waals surface area (Å²) in [5.41, 5.74) is 4.06. The molecule has 0 saturated carbocycles. The van der Waals surface area contributed by atoms with Crippen molar-refractivity contribution in [2.24, 2.45) is 0 Å². The minimum absolute atomic E-state index is 0.271. The number of sulfone groups is 1. The number of hydrogen-bond acceptors (Lipinski definition) is 4. The number of H-pyrrole nitrogens is 1. The molecule has 1 aromatic heterocycles. The van der Waals surface area contributed by atoms with Crippen LogP contribution in [0.5, 0.6) is 0 Å². The molecule has 0 amide bonds. The summed E-state index contributed by atoms with van der Waals surface area (Å²) in [5, 5.41) is 10.2. The van der Waals surface area contributed by atoms with Crippen molar-refractivity contribution < 1.29 is 8.42 Å². The van der Waals surface area contributed by atoms with Gasteiger partial charge in [-0.3, -0.25) is 0 Å². The summed E-state index contributed by atoms with van der Waals surface area (Å²) in [4.78, 5) is 5.94. The van der Waals surface area contributed by atoms with Gasteiger partial charge >= 0.3 is 0 Å². The van der Waals surface area contributed by atoms with Crippen molar-refractivity contribution in [3.8, 4) is 28.5 Å². The lowest BCUT2D eigenvalue weighted by atomic mass is 10.0. The van der Waals surface area contributed by atoms with Gasteiger partial charge in [-0.2, -0.15) is 5.26 Å². The first-order chi connectivity index (χ1) is 14.4. The lowest BCUT2D eigenvalue weighted by molar-refractivity contribution is 0.574. The summed E-state index contributed by atoms with van der Waals surface area (Å²) < 4.78 is 23.4. The van der Waals surface area contributed by atoms with E-state index in [2.05, 4.69) is 16.0 Å². The van der Waals surface area contributed by atoms with Gasteiger partial charge < -0.3 is 9.88 Å². The quantitative estimate of drug-likeness (QED) is 0.600. The highest BCUT2D eigenvalue weighted by molar-refractivity contribution is 7.90. The molecule has 0 bridgehead atoms. The summed E-state index contributed by atoms with van der Waals surface area (Å²) in [5.74, 6) is 0.876. The fourth-order valence-electron chi connectivity index (χ4n) is 3.85. The van der Waals surface area contributed by atoms with Gasteiger partial charge in [-0.05, 0) is 60.7 Å². The first-order valence-electron chi connectivity index (χ1n) is 9.85. The predicted octanol–water partition coefficient (Wildman–Crippen LogP) is 5.27. The predicted molar refractivity (Wildman–Crippen MR) is 121 cm³/mol. The maximum Gasteiger partial charge on any atom is 0.175 e. The molecule has 0 aliphatic carbocycles. The molecule has 0 atom stereocenters. The number of nitrogens with one attached hydrogen (secondary N) is 1. The smallest absolute Gasteiger partial charge is 0.175 e. The van der Waals surface area contributed by atoms with Crippen molar-refractivity contribution in [3.05, 3.63) is 59.1 Å². The second-order valence-electron chi connectivity index (χ2n) is 7.60. The van der Waals surface area contributed by atoms with Crippen LogP contribution in [-0.2, 0) is 9.84 Å². The summed E-state index contributed by atoms with van der Waals surface area (Å²) in [6.07, 6.45) is 4.68. The van der Waals surface area contributed by atoms with Gasteiger partial charge in [0.25, 0.3) is 0 Å². The van der Waals surface area contributed by atoms with Gasteiger partial charge in [0, 0.05) is 35.6 Å². The minimum Gasteiger partial charge on any atom is -0.357 e. The van der Waals surface area contributed by atoms with E-state index >= 15 is 0 Å². The molecule has 3 aromatic rings. The van der Waals surface area contributed by atoms with Gasteiger partial charge in [-0.15, -0.1) is 0 Å². The molecule has 1 fully saturated rings. The summed E-state index contributed by atoms with van der Waals surface area (Å²) in [6, 6.07) is 16.6. The van der Waals surface area contributed by atoms with E-state index in [0.29, 0.717) is 10.6 Å².